The van der Waals surface area contributed by atoms with Crippen LogP contribution in [0.3, 0.4) is 0 Å². The first-order chi connectivity index (χ1) is 54.9. The Labute approximate surface area is 662 Å². The van der Waals surface area contributed by atoms with Gasteiger partial charge in [0, 0.05) is 43.4 Å². The Morgan fingerprint density at radius 1 is 0.179 bits per heavy atom. The molecule has 0 unspecified atom stereocenters. The summed E-state index contributed by atoms with van der Waals surface area (Å²) in [6.45, 7) is 37.2. The maximum absolute atomic E-state index is 6.11. The summed E-state index contributed by atoms with van der Waals surface area (Å²) in [4.78, 5) is 41.3. The fourth-order valence-corrected chi connectivity index (χ4v) is 19.7. The van der Waals surface area contributed by atoms with Crippen molar-refractivity contribution in [2.24, 2.45) is 20.0 Å². The summed E-state index contributed by atoms with van der Waals surface area (Å²) >= 11 is 0. The molecule has 0 fully saturated rings. The van der Waals surface area contributed by atoms with Crippen molar-refractivity contribution in [2.75, 3.05) is 0 Å². The molecule has 0 aliphatic carbocycles. The van der Waals surface area contributed by atoms with E-state index in [1.54, 1.807) is 0 Å². The zero-order chi connectivity index (χ0) is 78.2. The highest BCUT2D eigenvalue weighted by Crippen LogP contribution is 2.41. The molecule has 12 heterocycles. The first kappa shape index (κ1) is 76.4. The number of rotatable bonds is 20. The molecule has 568 valence electrons. The third-order valence-electron chi connectivity index (χ3n) is 24.7. The van der Waals surface area contributed by atoms with E-state index in [9.17, 15) is 0 Å². The van der Waals surface area contributed by atoms with Crippen molar-refractivity contribution >= 4 is 67.9 Å². The number of allylic oxidation sites excluding steroid dienone is 4. The number of hydrogen-bond donors (Lipinski definition) is 4. The first-order valence-electron chi connectivity index (χ1n) is 42.5. The van der Waals surface area contributed by atoms with Gasteiger partial charge in [-0.2, -0.15) is 0 Å². The van der Waals surface area contributed by atoms with Crippen LogP contribution in [0.5, 0.6) is 0 Å². The molecule has 4 aromatic heterocycles. The van der Waals surface area contributed by atoms with E-state index in [1.807, 2.05) is 0 Å². The van der Waals surface area contributed by atoms with Crippen molar-refractivity contribution in [2.45, 2.75) is 214 Å². The zero-order valence-electron chi connectivity index (χ0n) is 69.3. The third kappa shape index (κ3) is 12.8. The van der Waals surface area contributed by atoms with Crippen molar-refractivity contribution < 1.29 is 0 Å². The molecule has 10 aromatic rings. The van der Waals surface area contributed by atoms with Crippen molar-refractivity contribution in [1.29, 1.82) is 0 Å². The smallest absolute Gasteiger partial charge is 0.0910 e. The summed E-state index contributed by atoms with van der Waals surface area (Å²) in [5.41, 5.74) is 38.6. The molecule has 0 saturated carbocycles. The minimum absolute atomic E-state index is 0.829. The number of nitrogens with one attached hydrogen (secondary N) is 4. The van der Waals surface area contributed by atoms with Gasteiger partial charge in [0.05, 0.1) is 77.7 Å². The summed E-state index contributed by atoms with van der Waals surface area (Å²) in [5, 5.41) is 13.7. The number of H-pyrrole nitrogens is 4. The van der Waals surface area contributed by atoms with E-state index in [-0.39, 0.29) is 0 Å². The van der Waals surface area contributed by atoms with Crippen LogP contribution >= 0.6 is 0 Å². The Morgan fingerprint density at radius 2 is 0.366 bits per heavy atom. The molecule has 8 aliphatic rings. The van der Waals surface area contributed by atoms with E-state index in [1.165, 1.54) is 89.1 Å². The number of nitrogens with zero attached hydrogens (tertiary/aromatic N) is 4. The van der Waals surface area contributed by atoms with E-state index in [2.05, 4.69) is 301 Å². The van der Waals surface area contributed by atoms with Gasteiger partial charge in [-0.25, -0.2) is 20.0 Å². The van der Waals surface area contributed by atoms with Gasteiger partial charge in [0.2, 0.25) is 0 Å². The van der Waals surface area contributed by atoms with E-state index >= 15 is 0 Å². The molecule has 0 radical (unpaired) electrons. The number of aromatic nitrogens is 4. The summed E-state index contributed by atoms with van der Waals surface area (Å²) in [6.07, 6.45) is 13.5. The van der Waals surface area contributed by atoms with Crippen LogP contribution in [0.1, 0.15) is 229 Å². The van der Waals surface area contributed by atoms with E-state index in [0.717, 1.165) is 257 Å². The molecule has 8 nitrogen and oxygen atoms in total. The molecule has 20 bridgehead atoms. The third-order valence-corrected chi connectivity index (χ3v) is 24.7. The summed E-state index contributed by atoms with van der Waals surface area (Å²) < 4.78 is 0. The standard InChI is InChI=1S/C104H112N8/c1-17-69-73(21-5)93-85(61-45-37-33-38-46-61)97-77(25-9)81(29-13)101(109-97)102-82(30-14)78(26-10)98(110-102)87(63-49-41-35-42-50-63)95-75(23-7)71(19-3)91(107-95)67-57-59-68(60-58-67)92-72(20-4)76(24-8)96(108-92)88(64-51-43-36-44-52-64)100-80(28-12)84(32-16)104(112-100)103-83(31-15)79(27-11)99(111-103)86(62-47-39-34-40-48-62)94-74(22-6)70(18-2)90(106-94)66-55-53-65(54-56-66)89(69)105-93/h33-60,105,108,110-111H,17-32H2,1-16H3. The Kier molecular flexibility index (Phi) is 22.4. The summed E-state index contributed by atoms with van der Waals surface area (Å²) in [5.74, 6) is 0. The molecular weight excluding hydrogens is 1360 g/mol. The average Bonchev–Trinajstić information content (AvgIpc) is 1.58. The lowest BCUT2D eigenvalue weighted by atomic mass is 9.90. The van der Waals surface area contributed by atoms with Gasteiger partial charge in [0.15, 0.2) is 0 Å². The molecule has 4 N–H and O–H groups in total. The fourth-order valence-electron chi connectivity index (χ4n) is 19.7. The highest BCUT2D eigenvalue weighted by molar-refractivity contribution is 6.37. The first-order valence-corrected chi connectivity index (χ1v) is 42.5. The molecule has 8 heteroatoms. The van der Waals surface area contributed by atoms with Gasteiger partial charge in [-0.05, 0) is 225 Å². The van der Waals surface area contributed by atoms with Crippen LogP contribution in [0.4, 0.5) is 0 Å². The topological polar surface area (TPSA) is 113 Å². The SMILES string of the molecule is CCC1=C(CC)C2=c3ccc(cc3)=c3[nH]c(c(CC)c3CC)=C(c3ccccc3)C3=NC(=c4[nH]c(c(CC)c4CC)=C(c4ccccc4)C4=NC(=c5ccc(cc5)=c5[nH]c(c(CC)c5CC)=C(c5ccccc5)C5=NC(=c6[nH]c(c(CC)c6CC)=C(c6ccccc6)C1=N2)C(CC)=C5CC)C(CC)=C4CC)C(CC)=C3CC. The van der Waals surface area contributed by atoms with Gasteiger partial charge in [0.25, 0.3) is 0 Å². The van der Waals surface area contributed by atoms with E-state index in [0.29, 0.717) is 0 Å². The second-order valence-electron chi connectivity index (χ2n) is 30.2. The number of hydrogen-bond acceptors (Lipinski definition) is 4. The van der Waals surface area contributed by atoms with Crippen molar-refractivity contribution in [3.05, 3.63) is 345 Å². The molecule has 0 atom stereocenters. The molecule has 0 amide bonds. The molecule has 0 saturated heterocycles. The van der Waals surface area contributed by atoms with E-state index < -0.39 is 0 Å². The Morgan fingerprint density at radius 3 is 0.589 bits per heavy atom. The molecule has 0 spiro atoms. The number of aliphatic imine (C=N–C) groups is 4. The minimum Gasteiger partial charge on any atom is -0.354 e. The number of benzene rings is 6. The quantitative estimate of drug-likeness (QED) is 0.0583. The maximum Gasteiger partial charge on any atom is 0.0910 e. The summed E-state index contributed by atoms with van der Waals surface area (Å²) in [7, 11) is 0. The lowest BCUT2D eigenvalue weighted by Gasteiger charge is -2.12. The van der Waals surface area contributed by atoms with E-state index in [4.69, 9.17) is 20.0 Å². The predicted molar refractivity (Wildman–Crippen MR) is 473 cm³/mol. The minimum atomic E-state index is 0.829. The molecule has 6 aromatic carbocycles. The lowest BCUT2D eigenvalue weighted by Crippen LogP contribution is -2.22. The molecule has 18 rings (SSSR count). The average molecular weight is 1470 g/mol. The van der Waals surface area contributed by atoms with Gasteiger partial charge in [0.1, 0.15) is 0 Å². The van der Waals surface area contributed by atoms with Gasteiger partial charge >= 0.3 is 0 Å². The van der Waals surface area contributed by atoms with Gasteiger partial charge in [-0.3, -0.25) is 0 Å². The number of aromatic amines is 4. The zero-order valence-corrected chi connectivity index (χ0v) is 69.3. The monoisotopic (exact) mass is 1470 g/mol. The largest absolute Gasteiger partial charge is 0.354 e. The molecular formula is C104H112N8. The molecule has 112 heavy (non-hydrogen) atoms. The Hall–Kier alpha value is -11.0. The van der Waals surface area contributed by atoms with Crippen LogP contribution in [0, 0.1) is 21.1 Å². The predicted octanol–water partition coefficient (Wildman–Crippen LogP) is 18.7. The lowest BCUT2D eigenvalue weighted by molar-refractivity contribution is 1.03. The van der Waals surface area contributed by atoms with Crippen LogP contribution in [-0.4, -0.2) is 42.8 Å². The van der Waals surface area contributed by atoms with Crippen molar-refractivity contribution in [3.63, 3.8) is 0 Å². The summed E-state index contributed by atoms with van der Waals surface area (Å²) in [6, 6.07) is 63.1. The van der Waals surface area contributed by atoms with Gasteiger partial charge < -0.3 is 19.9 Å². The van der Waals surface area contributed by atoms with Crippen LogP contribution in [0.25, 0.3) is 45.1 Å². The van der Waals surface area contributed by atoms with Crippen molar-refractivity contribution in [1.82, 2.24) is 19.9 Å². The normalized spacial score (nSPS) is 15.3. The Bertz CT molecular complexity index is 6050. The highest BCUT2D eigenvalue weighted by atomic mass is 14.9. The van der Waals surface area contributed by atoms with Gasteiger partial charge in [-0.1, -0.05) is 281 Å². The van der Waals surface area contributed by atoms with Crippen LogP contribution in [-0.2, 0) is 51.4 Å². The van der Waals surface area contributed by atoms with Crippen molar-refractivity contribution in [3.8, 4) is 0 Å². The second-order valence-corrected chi connectivity index (χ2v) is 30.2. The fraction of sp³-hybridized carbons (Fsp3) is 0.308. The second kappa shape index (κ2) is 32.8. The molecule has 8 aliphatic heterocycles. The van der Waals surface area contributed by atoms with Crippen LogP contribution < -0.4 is 42.5 Å². The highest BCUT2D eigenvalue weighted by Gasteiger charge is 2.35. The maximum atomic E-state index is 6.11. The van der Waals surface area contributed by atoms with Crippen LogP contribution in [0.2, 0.25) is 0 Å². The van der Waals surface area contributed by atoms with Gasteiger partial charge in [-0.15, -0.1) is 0 Å². The Balaban J connectivity index is 1.14. The van der Waals surface area contributed by atoms with Crippen LogP contribution in [0.15, 0.2) is 234 Å².